The monoisotopic (exact) mass is 318 g/mol. The Hall–Kier alpha value is -1.93. The van der Waals surface area contributed by atoms with Crippen LogP contribution in [0.5, 0.6) is 0 Å². The van der Waals surface area contributed by atoms with Gasteiger partial charge in [0.15, 0.2) is 11.0 Å². The number of hydrogen-bond donors (Lipinski definition) is 1. The van der Waals surface area contributed by atoms with E-state index in [1.54, 1.807) is 18.0 Å². The zero-order chi connectivity index (χ0) is 15.2. The lowest BCUT2D eigenvalue weighted by atomic mass is 10.3. The fraction of sp³-hybridized carbons (Fsp3) is 0.429. The SMILES string of the molecule is CCc1nc(CSC2=NCN(Cc3cccnc3)CN2)no1. The van der Waals surface area contributed by atoms with Crippen molar-refractivity contribution >= 4 is 16.9 Å². The molecule has 0 bridgehead atoms. The minimum Gasteiger partial charge on any atom is -0.352 e. The minimum atomic E-state index is 0.665. The maximum absolute atomic E-state index is 5.09. The van der Waals surface area contributed by atoms with Crippen molar-refractivity contribution in [2.45, 2.75) is 25.6 Å². The highest BCUT2D eigenvalue weighted by Crippen LogP contribution is 2.13. The first-order valence-electron chi connectivity index (χ1n) is 7.17. The van der Waals surface area contributed by atoms with Crippen LogP contribution < -0.4 is 5.32 Å². The molecule has 3 heterocycles. The highest BCUT2D eigenvalue weighted by molar-refractivity contribution is 8.13. The molecule has 0 radical (unpaired) electrons. The summed E-state index contributed by atoms with van der Waals surface area (Å²) in [6.07, 6.45) is 4.43. The van der Waals surface area contributed by atoms with Crippen LogP contribution in [0.4, 0.5) is 0 Å². The van der Waals surface area contributed by atoms with Crippen LogP contribution in [0, 0.1) is 0 Å². The highest BCUT2D eigenvalue weighted by Gasteiger charge is 2.14. The molecule has 1 aliphatic heterocycles. The number of hydrogen-bond acceptors (Lipinski definition) is 8. The number of aliphatic imine (C=N–C) groups is 1. The Bertz CT molecular complexity index is 629. The van der Waals surface area contributed by atoms with Gasteiger partial charge in [-0.2, -0.15) is 4.98 Å². The molecule has 0 saturated carbocycles. The van der Waals surface area contributed by atoms with E-state index in [0.717, 1.165) is 24.8 Å². The predicted molar refractivity (Wildman–Crippen MR) is 85.1 cm³/mol. The van der Waals surface area contributed by atoms with Gasteiger partial charge in [0.1, 0.15) is 0 Å². The third kappa shape index (κ3) is 4.05. The zero-order valence-electron chi connectivity index (χ0n) is 12.4. The maximum Gasteiger partial charge on any atom is 0.226 e. The van der Waals surface area contributed by atoms with E-state index in [1.165, 1.54) is 5.56 Å². The van der Waals surface area contributed by atoms with Crippen molar-refractivity contribution in [3.63, 3.8) is 0 Å². The number of aromatic nitrogens is 3. The summed E-state index contributed by atoms with van der Waals surface area (Å²) in [6.45, 7) is 4.28. The standard InChI is InChI=1S/C14H18N6OS/c1-2-13-18-12(19-21-13)8-22-14-16-9-20(10-17-14)7-11-4-3-5-15-6-11/h3-6H,2,7-10H2,1H3,(H,16,17). The number of pyridine rings is 1. The molecule has 2 aromatic heterocycles. The second-order valence-corrected chi connectivity index (χ2v) is 5.84. The van der Waals surface area contributed by atoms with Crippen LogP contribution >= 0.6 is 11.8 Å². The molecule has 0 unspecified atom stereocenters. The lowest BCUT2D eigenvalue weighted by Gasteiger charge is -2.26. The summed E-state index contributed by atoms with van der Waals surface area (Å²) in [7, 11) is 0. The maximum atomic E-state index is 5.09. The van der Waals surface area contributed by atoms with Gasteiger partial charge in [-0.1, -0.05) is 29.9 Å². The van der Waals surface area contributed by atoms with Crippen LogP contribution in [-0.2, 0) is 18.7 Å². The van der Waals surface area contributed by atoms with E-state index in [2.05, 4.69) is 36.4 Å². The molecule has 0 fully saturated rings. The number of thioether (sulfide) groups is 1. The average Bonchev–Trinajstić information content (AvgIpc) is 3.03. The first-order chi connectivity index (χ1) is 10.8. The third-order valence-corrected chi connectivity index (χ3v) is 4.10. The van der Waals surface area contributed by atoms with Crippen molar-refractivity contribution in [2.75, 3.05) is 13.3 Å². The Morgan fingerprint density at radius 3 is 3.09 bits per heavy atom. The van der Waals surface area contributed by atoms with E-state index in [1.807, 2.05) is 19.2 Å². The van der Waals surface area contributed by atoms with Crippen LogP contribution in [-0.4, -0.2) is 38.5 Å². The van der Waals surface area contributed by atoms with Crippen molar-refractivity contribution in [3.8, 4) is 0 Å². The van der Waals surface area contributed by atoms with Crippen molar-refractivity contribution in [1.82, 2.24) is 25.3 Å². The third-order valence-electron chi connectivity index (χ3n) is 3.15. The number of nitrogens with zero attached hydrogens (tertiary/aromatic N) is 5. The molecule has 8 heteroatoms. The van der Waals surface area contributed by atoms with E-state index in [9.17, 15) is 0 Å². The Kier molecular flexibility index (Phi) is 5.02. The van der Waals surface area contributed by atoms with Crippen molar-refractivity contribution < 1.29 is 4.52 Å². The van der Waals surface area contributed by atoms with Gasteiger partial charge in [-0.3, -0.25) is 9.88 Å². The first-order valence-corrected chi connectivity index (χ1v) is 8.16. The molecule has 7 nitrogen and oxygen atoms in total. The van der Waals surface area contributed by atoms with E-state index in [-0.39, 0.29) is 0 Å². The Balaban J connectivity index is 1.47. The quantitative estimate of drug-likeness (QED) is 0.897. The van der Waals surface area contributed by atoms with Gasteiger partial charge in [0, 0.05) is 25.4 Å². The van der Waals surface area contributed by atoms with Crippen molar-refractivity contribution in [2.24, 2.45) is 4.99 Å². The molecule has 0 aliphatic carbocycles. The summed E-state index contributed by atoms with van der Waals surface area (Å²) in [5.41, 5.74) is 1.19. The largest absolute Gasteiger partial charge is 0.352 e. The van der Waals surface area contributed by atoms with Gasteiger partial charge in [0.05, 0.1) is 19.1 Å². The molecule has 0 spiro atoms. The summed E-state index contributed by atoms with van der Waals surface area (Å²) in [5, 5.41) is 8.17. The van der Waals surface area contributed by atoms with Crippen LogP contribution in [0.1, 0.15) is 24.2 Å². The second-order valence-electron chi connectivity index (χ2n) is 4.88. The second kappa shape index (κ2) is 7.37. The van der Waals surface area contributed by atoms with E-state index < -0.39 is 0 Å². The van der Waals surface area contributed by atoms with Crippen LogP contribution in [0.15, 0.2) is 34.0 Å². The smallest absolute Gasteiger partial charge is 0.226 e. The number of aryl methyl sites for hydroxylation is 1. The molecule has 2 aromatic rings. The number of amidine groups is 1. The Morgan fingerprint density at radius 2 is 2.41 bits per heavy atom. The summed E-state index contributed by atoms with van der Waals surface area (Å²) in [6, 6.07) is 4.02. The van der Waals surface area contributed by atoms with E-state index >= 15 is 0 Å². The van der Waals surface area contributed by atoms with Gasteiger partial charge in [0.2, 0.25) is 5.89 Å². The fourth-order valence-electron chi connectivity index (χ4n) is 2.03. The van der Waals surface area contributed by atoms with Crippen molar-refractivity contribution in [3.05, 3.63) is 41.8 Å². The molecule has 0 saturated heterocycles. The summed E-state index contributed by atoms with van der Waals surface area (Å²) < 4.78 is 5.09. The number of rotatable bonds is 5. The Morgan fingerprint density at radius 1 is 1.45 bits per heavy atom. The fourth-order valence-corrected chi connectivity index (χ4v) is 2.73. The molecule has 0 amide bonds. The molecule has 0 aromatic carbocycles. The summed E-state index contributed by atoms with van der Waals surface area (Å²) in [4.78, 5) is 15.2. The van der Waals surface area contributed by atoms with Crippen LogP contribution in [0.3, 0.4) is 0 Å². The average molecular weight is 318 g/mol. The summed E-state index contributed by atoms with van der Waals surface area (Å²) >= 11 is 1.60. The van der Waals surface area contributed by atoms with Gasteiger partial charge >= 0.3 is 0 Å². The highest BCUT2D eigenvalue weighted by atomic mass is 32.2. The normalized spacial score (nSPS) is 15.4. The molecule has 3 rings (SSSR count). The molecule has 116 valence electrons. The topological polar surface area (TPSA) is 79.4 Å². The van der Waals surface area contributed by atoms with E-state index in [4.69, 9.17) is 4.52 Å². The van der Waals surface area contributed by atoms with Crippen LogP contribution in [0.25, 0.3) is 0 Å². The van der Waals surface area contributed by atoms with Gasteiger partial charge in [-0.25, -0.2) is 4.99 Å². The predicted octanol–water partition coefficient (Wildman–Crippen LogP) is 1.64. The van der Waals surface area contributed by atoms with Gasteiger partial charge in [-0.15, -0.1) is 0 Å². The molecule has 1 aliphatic rings. The molecule has 1 N–H and O–H groups in total. The van der Waals surface area contributed by atoms with Gasteiger partial charge in [0.25, 0.3) is 0 Å². The van der Waals surface area contributed by atoms with Gasteiger partial charge < -0.3 is 9.84 Å². The lowest BCUT2D eigenvalue weighted by molar-refractivity contribution is 0.258. The Labute approximate surface area is 133 Å². The minimum absolute atomic E-state index is 0.665. The zero-order valence-corrected chi connectivity index (χ0v) is 13.2. The summed E-state index contributed by atoms with van der Waals surface area (Å²) in [5.74, 6) is 2.05. The lowest BCUT2D eigenvalue weighted by Crippen LogP contribution is -2.41. The van der Waals surface area contributed by atoms with Crippen molar-refractivity contribution in [1.29, 1.82) is 0 Å². The molecule has 0 atom stereocenters. The van der Waals surface area contributed by atoms with Crippen LogP contribution in [0.2, 0.25) is 0 Å². The first kappa shape index (κ1) is 15.0. The molecular formula is C14H18N6OS. The van der Waals surface area contributed by atoms with Gasteiger partial charge in [-0.05, 0) is 11.6 Å². The number of nitrogens with one attached hydrogen (secondary N) is 1. The molecule has 22 heavy (non-hydrogen) atoms. The molecular weight excluding hydrogens is 300 g/mol. The van der Waals surface area contributed by atoms with E-state index in [0.29, 0.717) is 24.1 Å².